The van der Waals surface area contributed by atoms with E-state index in [9.17, 15) is 18.4 Å². The zero-order valence-electron chi connectivity index (χ0n) is 13.1. The van der Waals surface area contributed by atoms with Gasteiger partial charge in [-0.05, 0) is 19.1 Å². The molecule has 0 aliphatic rings. The van der Waals surface area contributed by atoms with Crippen LogP contribution in [0.15, 0.2) is 24.3 Å². The van der Waals surface area contributed by atoms with Gasteiger partial charge in [-0.15, -0.1) is 5.10 Å². The van der Waals surface area contributed by atoms with Gasteiger partial charge < -0.3 is 10.0 Å². The van der Waals surface area contributed by atoms with Gasteiger partial charge in [0.1, 0.15) is 11.5 Å². The molecule has 2 amide bonds. The highest BCUT2D eigenvalue weighted by Crippen LogP contribution is 2.19. The highest BCUT2D eigenvalue weighted by molar-refractivity contribution is 5.88. The second kappa shape index (κ2) is 7.07. The summed E-state index contributed by atoms with van der Waals surface area (Å²) in [5.41, 5.74) is 0.581. The third kappa shape index (κ3) is 4.06. The number of urea groups is 1. The van der Waals surface area contributed by atoms with Crippen LogP contribution in [0.5, 0.6) is 0 Å². The van der Waals surface area contributed by atoms with Crippen LogP contribution >= 0.6 is 0 Å². The first kappa shape index (κ1) is 17.4. The smallest absolute Gasteiger partial charge is 0.322 e. The molecule has 0 saturated heterocycles. The van der Waals surface area contributed by atoms with E-state index in [1.807, 2.05) is 0 Å². The number of amides is 2. The normalized spacial score (nSPS) is 10.5. The number of rotatable bonds is 5. The molecule has 128 valence electrons. The van der Waals surface area contributed by atoms with Crippen molar-refractivity contribution in [1.29, 1.82) is 0 Å². The third-order valence-electron chi connectivity index (χ3n) is 3.27. The topological polar surface area (TPSA) is 87.5 Å². The lowest BCUT2D eigenvalue weighted by molar-refractivity contribution is -0.137. The number of carboxylic acid groups (broad SMARTS) is 1. The first-order chi connectivity index (χ1) is 11.3. The number of hydrogen-bond acceptors (Lipinski definition) is 3. The average molecular weight is 338 g/mol. The Morgan fingerprint density at radius 3 is 2.67 bits per heavy atom. The summed E-state index contributed by atoms with van der Waals surface area (Å²) in [6.45, 7) is 1.69. The molecule has 24 heavy (non-hydrogen) atoms. The molecule has 0 bridgehead atoms. The van der Waals surface area contributed by atoms with Gasteiger partial charge in [-0.3, -0.25) is 10.1 Å². The van der Waals surface area contributed by atoms with Gasteiger partial charge >= 0.3 is 12.0 Å². The molecule has 0 radical (unpaired) electrons. The summed E-state index contributed by atoms with van der Waals surface area (Å²) in [6.07, 6.45) is -0.182. The van der Waals surface area contributed by atoms with Crippen LogP contribution in [0.4, 0.5) is 19.4 Å². The Kier molecular flexibility index (Phi) is 5.12. The number of benzene rings is 1. The second-order valence-corrected chi connectivity index (χ2v) is 5.17. The number of anilines is 1. The molecule has 0 fully saturated rings. The number of halogens is 2. The van der Waals surface area contributed by atoms with E-state index in [0.717, 1.165) is 12.1 Å². The molecular weight excluding hydrogens is 322 g/mol. The van der Waals surface area contributed by atoms with Gasteiger partial charge in [0.25, 0.3) is 0 Å². The quantitative estimate of drug-likeness (QED) is 0.876. The van der Waals surface area contributed by atoms with Crippen molar-refractivity contribution < 1.29 is 23.5 Å². The number of aryl methyl sites for hydroxylation is 1. The van der Waals surface area contributed by atoms with Crippen molar-refractivity contribution in [2.45, 2.75) is 13.3 Å². The van der Waals surface area contributed by atoms with E-state index >= 15 is 0 Å². The molecule has 2 N–H and O–H groups in total. The molecule has 0 aliphatic carbocycles. The first-order valence-electron chi connectivity index (χ1n) is 7.04. The van der Waals surface area contributed by atoms with Crippen molar-refractivity contribution in [3.63, 3.8) is 0 Å². The Balaban J connectivity index is 2.14. The maximum Gasteiger partial charge on any atom is 0.322 e. The van der Waals surface area contributed by atoms with E-state index in [1.54, 1.807) is 6.92 Å². The Labute approximate surface area is 136 Å². The molecule has 2 rings (SSSR count). The largest absolute Gasteiger partial charge is 0.481 e. The van der Waals surface area contributed by atoms with Crippen molar-refractivity contribution in [2.24, 2.45) is 0 Å². The molecule has 0 saturated carbocycles. The van der Waals surface area contributed by atoms with Crippen LogP contribution in [-0.4, -0.2) is 45.4 Å². The summed E-state index contributed by atoms with van der Waals surface area (Å²) >= 11 is 0. The highest BCUT2D eigenvalue weighted by atomic mass is 19.1. The van der Waals surface area contributed by atoms with E-state index in [1.165, 1.54) is 28.8 Å². The van der Waals surface area contributed by atoms with Gasteiger partial charge in [0.15, 0.2) is 11.6 Å². The number of hydrogen-bond donors (Lipinski definition) is 2. The summed E-state index contributed by atoms with van der Waals surface area (Å²) in [5, 5.41) is 15.2. The number of nitrogens with zero attached hydrogens (tertiary/aromatic N) is 3. The molecule has 0 spiro atoms. The number of carbonyl (C=O) groups is 2. The van der Waals surface area contributed by atoms with E-state index in [0.29, 0.717) is 5.69 Å². The number of carbonyl (C=O) groups excluding carboxylic acids is 1. The molecule has 1 aromatic carbocycles. The Morgan fingerprint density at radius 2 is 2.04 bits per heavy atom. The fourth-order valence-corrected chi connectivity index (χ4v) is 2.00. The van der Waals surface area contributed by atoms with Crippen LogP contribution in [0.2, 0.25) is 0 Å². The van der Waals surface area contributed by atoms with Gasteiger partial charge in [0.05, 0.1) is 6.42 Å². The molecule has 9 heteroatoms. The summed E-state index contributed by atoms with van der Waals surface area (Å²) in [7, 11) is 1.45. The monoisotopic (exact) mass is 338 g/mol. The minimum atomic E-state index is -1.01. The lowest BCUT2D eigenvalue weighted by Gasteiger charge is -2.15. The minimum Gasteiger partial charge on any atom is -0.481 e. The van der Waals surface area contributed by atoms with Gasteiger partial charge in [-0.1, -0.05) is 0 Å². The van der Waals surface area contributed by atoms with Crippen LogP contribution in [0.3, 0.4) is 0 Å². The summed E-state index contributed by atoms with van der Waals surface area (Å²) < 4.78 is 28.1. The second-order valence-electron chi connectivity index (χ2n) is 5.17. The first-order valence-corrected chi connectivity index (χ1v) is 7.04. The van der Waals surface area contributed by atoms with Crippen molar-refractivity contribution >= 4 is 17.8 Å². The Morgan fingerprint density at radius 1 is 1.33 bits per heavy atom. The fourth-order valence-electron chi connectivity index (χ4n) is 2.00. The van der Waals surface area contributed by atoms with Gasteiger partial charge in [-0.2, -0.15) is 0 Å². The van der Waals surface area contributed by atoms with Gasteiger partial charge in [-0.25, -0.2) is 18.3 Å². The summed E-state index contributed by atoms with van der Waals surface area (Å²) in [6, 6.07) is 4.08. The maximum atomic E-state index is 13.8. The Hall–Kier alpha value is -2.97. The summed E-state index contributed by atoms with van der Waals surface area (Å²) in [4.78, 5) is 23.6. The zero-order chi connectivity index (χ0) is 17.9. The van der Waals surface area contributed by atoms with Crippen LogP contribution in [-0.2, 0) is 4.79 Å². The molecule has 1 heterocycles. The van der Waals surface area contributed by atoms with E-state index in [-0.39, 0.29) is 24.5 Å². The molecule has 0 atom stereocenters. The third-order valence-corrected chi connectivity index (χ3v) is 3.27. The van der Waals surface area contributed by atoms with Crippen molar-refractivity contribution in [1.82, 2.24) is 14.7 Å². The van der Waals surface area contributed by atoms with Crippen molar-refractivity contribution in [2.75, 3.05) is 18.9 Å². The fraction of sp³-hybridized carbons (Fsp3) is 0.267. The van der Waals surface area contributed by atoms with Gasteiger partial charge in [0, 0.05) is 31.4 Å². The standard InChI is InChI=1S/C15H16F2N4O3/c1-9-7-13(18-15(24)20(2)6-5-14(22)23)19-21(9)12-4-3-10(16)8-11(12)17/h3-4,7-8H,5-6H2,1-2H3,(H,22,23)(H,18,19,24). The molecule has 2 aromatic rings. The van der Waals surface area contributed by atoms with E-state index in [2.05, 4.69) is 10.4 Å². The Bertz CT molecular complexity index is 776. The highest BCUT2D eigenvalue weighted by Gasteiger charge is 2.15. The number of nitrogens with one attached hydrogen (secondary N) is 1. The predicted molar refractivity (Wildman–Crippen MR) is 82.1 cm³/mol. The summed E-state index contributed by atoms with van der Waals surface area (Å²) in [5.74, 6) is -2.32. The van der Waals surface area contributed by atoms with Crippen molar-refractivity contribution in [3.8, 4) is 5.69 Å². The molecule has 0 aliphatic heterocycles. The van der Waals surface area contributed by atoms with Crippen LogP contribution < -0.4 is 5.32 Å². The minimum absolute atomic E-state index is 0.0352. The van der Waals surface area contributed by atoms with Crippen LogP contribution in [0, 0.1) is 18.6 Å². The van der Waals surface area contributed by atoms with Crippen molar-refractivity contribution in [3.05, 3.63) is 41.6 Å². The lowest BCUT2D eigenvalue weighted by atomic mass is 10.3. The average Bonchev–Trinajstić information content (AvgIpc) is 2.85. The van der Waals surface area contributed by atoms with E-state index in [4.69, 9.17) is 5.11 Å². The molecule has 7 nitrogen and oxygen atoms in total. The zero-order valence-corrected chi connectivity index (χ0v) is 13.1. The lowest BCUT2D eigenvalue weighted by Crippen LogP contribution is -2.33. The molecule has 0 unspecified atom stereocenters. The van der Waals surface area contributed by atoms with Crippen LogP contribution in [0.25, 0.3) is 5.69 Å². The number of carboxylic acids is 1. The number of aliphatic carboxylic acids is 1. The molecular formula is C15H16F2N4O3. The van der Waals surface area contributed by atoms with Crippen LogP contribution in [0.1, 0.15) is 12.1 Å². The van der Waals surface area contributed by atoms with E-state index < -0.39 is 23.6 Å². The molecule has 1 aromatic heterocycles. The van der Waals surface area contributed by atoms with Gasteiger partial charge in [0.2, 0.25) is 0 Å². The number of aromatic nitrogens is 2. The predicted octanol–water partition coefficient (Wildman–Crippen LogP) is 2.40. The maximum absolute atomic E-state index is 13.8. The SMILES string of the molecule is Cc1cc(NC(=O)N(C)CCC(=O)O)nn1-c1ccc(F)cc1F.